The van der Waals surface area contributed by atoms with Crippen LogP contribution in [0.3, 0.4) is 0 Å². The Labute approximate surface area is 343 Å². The van der Waals surface area contributed by atoms with E-state index in [4.69, 9.17) is 21.0 Å². The minimum Gasteiger partial charge on any atom is -0.456 e. The number of halogens is 1. The van der Waals surface area contributed by atoms with Crippen molar-refractivity contribution < 1.29 is 4.42 Å². The molecule has 2 aromatic heterocycles. The standard InChI is InChI=1S/C51H32ClN3O.C2H6/c52-51-54-49(53-50(55-51)39-29-30-41-40-23-13-14-24-44(40)56-45(41)31-39)38-27-25-34(26-28-38)43-32-42(33-15-5-1-6-16-33)46(35-17-7-2-8-18-35)48(37-21-11-4-12-22-37)47(43)36-19-9-3-10-20-36;1-2/h1-32H;1-2H3. The summed E-state index contributed by atoms with van der Waals surface area (Å²) >= 11 is 6.58. The van der Waals surface area contributed by atoms with Crippen LogP contribution in [0.1, 0.15) is 13.8 Å². The summed E-state index contributed by atoms with van der Waals surface area (Å²) in [6.07, 6.45) is 0. The van der Waals surface area contributed by atoms with Crippen molar-refractivity contribution in [2.45, 2.75) is 13.8 Å². The first-order valence-electron chi connectivity index (χ1n) is 19.5. The third kappa shape index (κ3) is 6.95. The molecular formula is C53H38ClN3O. The highest BCUT2D eigenvalue weighted by Crippen LogP contribution is 2.50. The number of para-hydroxylation sites is 1. The normalized spacial score (nSPS) is 11.0. The van der Waals surface area contributed by atoms with E-state index < -0.39 is 0 Å². The van der Waals surface area contributed by atoms with Gasteiger partial charge in [0.05, 0.1) is 0 Å². The smallest absolute Gasteiger partial charge is 0.226 e. The van der Waals surface area contributed by atoms with E-state index in [0.717, 1.165) is 77.6 Å². The van der Waals surface area contributed by atoms with Gasteiger partial charge < -0.3 is 4.42 Å². The number of hydrogen-bond acceptors (Lipinski definition) is 4. The maximum atomic E-state index is 6.58. The molecule has 0 saturated carbocycles. The molecule has 0 N–H and O–H groups in total. The van der Waals surface area contributed by atoms with E-state index in [0.29, 0.717) is 11.6 Å². The average molecular weight is 768 g/mol. The minimum absolute atomic E-state index is 0.127. The van der Waals surface area contributed by atoms with Crippen LogP contribution in [-0.4, -0.2) is 15.0 Å². The molecule has 0 amide bonds. The lowest BCUT2D eigenvalue weighted by Gasteiger charge is -2.24. The van der Waals surface area contributed by atoms with Gasteiger partial charge in [0.1, 0.15) is 11.2 Å². The highest BCUT2D eigenvalue weighted by molar-refractivity contribution is 6.28. The number of aromatic nitrogens is 3. The fraction of sp³-hybridized carbons (Fsp3) is 0.0377. The predicted octanol–water partition coefficient (Wildman–Crippen LogP) is 15.1. The van der Waals surface area contributed by atoms with Crippen molar-refractivity contribution in [2.24, 2.45) is 0 Å². The lowest BCUT2D eigenvalue weighted by molar-refractivity contribution is 0.669. The van der Waals surface area contributed by atoms with Crippen molar-refractivity contribution in [1.29, 1.82) is 0 Å². The van der Waals surface area contributed by atoms with Crippen molar-refractivity contribution in [3.05, 3.63) is 199 Å². The third-order valence-corrected chi connectivity index (χ3v) is 10.5. The van der Waals surface area contributed by atoms with E-state index in [2.05, 4.69) is 168 Å². The summed E-state index contributed by atoms with van der Waals surface area (Å²) in [5.74, 6) is 0.975. The van der Waals surface area contributed by atoms with Gasteiger partial charge in [0.2, 0.25) is 5.28 Å². The van der Waals surface area contributed by atoms with Gasteiger partial charge in [-0.05, 0) is 91.5 Å². The topological polar surface area (TPSA) is 51.8 Å². The van der Waals surface area contributed by atoms with Gasteiger partial charge in [-0.15, -0.1) is 0 Å². The van der Waals surface area contributed by atoms with Crippen molar-refractivity contribution >= 4 is 33.5 Å². The van der Waals surface area contributed by atoms with Gasteiger partial charge >= 0.3 is 0 Å². The van der Waals surface area contributed by atoms with E-state index in [9.17, 15) is 0 Å². The Morgan fingerprint density at radius 2 is 0.759 bits per heavy atom. The van der Waals surface area contributed by atoms with Crippen molar-refractivity contribution in [3.63, 3.8) is 0 Å². The fourth-order valence-electron chi connectivity index (χ4n) is 7.73. The molecule has 2 heterocycles. The van der Waals surface area contributed by atoms with Gasteiger partial charge in [0.15, 0.2) is 11.6 Å². The first kappa shape index (κ1) is 36.5. The molecule has 0 saturated heterocycles. The SMILES string of the molecule is CC.Clc1nc(-c2ccc(-c3cc(-c4ccccc4)c(-c4ccccc4)c(-c4ccccc4)c3-c3ccccc3)cc2)nc(-c2ccc3c(c2)oc2ccccc23)n1. The van der Waals surface area contributed by atoms with Gasteiger partial charge in [-0.2, -0.15) is 9.97 Å². The molecular weight excluding hydrogens is 730 g/mol. The molecule has 0 radical (unpaired) electrons. The Bertz CT molecular complexity index is 3000. The third-order valence-electron chi connectivity index (χ3n) is 10.3. The Balaban J connectivity index is 0.00000215. The molecule has 0 spiro atoms. The van der Waals surface area contributed by atoms with E-state index in [1.807, 2.05) is 50.2 Å². The number of fused-ring (bicyclic) bond motifs is 3. The fourth-order valence-corrected chi connectivity index (χ4v) is 7.89. The van der Waals surface area contributed by atoms with Gasteiger partial charge in [-0.1, -0.05) is 184 Å². The van der Waals surface area contributed by atoms with Crippen LogP contribution in [0.25, 0.3) is 100 Å². The number of furan rings is 1. The van der Waals surface area contributed by atoms with Crippen LogP contribution in [-0.2, 0) is 0 Å². The summed E-state index contributed by atoms with van der Waals surface area (Å²) in [6.45, 7) is 4.00. The molecule has 4 nitrogen and oxygen atoms in total. The Kier molecular flexibility index (Phi) is 10.2. The lowest BCUT2D eigenvalue weighted by atomic mass is 9.79. The first-order chi connectivity index (χ1) is 28.7. The Morgan fingerprint density at radius 3 is 1.33 bits per heavy atom. The maximum absolute atomic E-state index is 6.58. The summed E-state index contributed by atoms with van der Waals surface area (Å²) in [5, 5.41) is 2.24. The summed E-state index contributed by atoms with van der Waals surface area (Å²) in [7, 11) is 0. The summed E-state index contributed by atoms with van der Waals surface area (Å²) in [4.78, 5) is 14.0. The van der Waals surface area contributed by atoms with Crippen LogP contribution in [0.15, 0.2) is 199 Å². The van der Waals surface area contributed by atoms with Crippen molar-refractivity contribution in [1.82, 2.24) is 15.0 Å². The predicted molar refractivity (Wildman–Crippen MR) is 242 cm³/mol. The molecule has 0 bridgehead atoms. The molecule has 5 heteroatoms. The van der Waals surface area contributed by atoms with Crippen LogP contribution < -0.4 is 0 Å². The largest absolute Gasteiger partial charge is 0.456 e. The number of hydrogen-bond donors (Lipinski definition) is 0. The second-order valence-corrected chi connectivity index (χ2v) is 14.0. The van der Waals surface area contributed by atoms with Crippen LogP contribution in [0.2, 0.25) is 5.28 Å². The van der Waals surface area contributed by atoms with E-state index in [1.165, 1.54) is 11.1 Å². The van der Waals surface area contributed by atoms with Crippen LogP contribution in [0, 0.1) is 0 Å². The molecule has 0 fully saturated rings. The molecule has 278 valence electrons. The van der Waals surface area contributed by atoms with Crippen molar-refractivity contribution in [2.75, 3.05) is 0 Å². The Morgan fingerprint density at radius 1 is 0.345 bits per heavy atom. The molecule has 0 aliphatic carbocycles. The first-order valence-corrected chi connectivity index (χ1v) is 19.9. The molecule has 0 atom stereocenters. The summed E-state index contributed by atoms with van der Waals surface area (Å²) in [5.41, 5.74) is 14.7. The van der Waals surface area contributed by atoms with Gasteiger partial charge in [0, 0.05) is 21.9 Å². The van der Waals surface area contributed by atoms with Crippen LogP contribution >= 0.6 is 11.6 Å². The zero-order chi connectivity index (χ0) is 39.4. The zero-order valence-corrected chi connectivity index (χ0v) is 32.9. The quantitative estimate of drug-likeness (QED) is 0.162. The molecule has 0 aliphatic rings. The number of benzene rings is 8. The molecule has 8 aromatic carbocycles. The summed E-state index contributed by atoms with van der Waals surface area (Å²) < 4.78 is 6.16. The summed E-state index contributed by atoms with van der Waals surface area (Å²) in [6, 6.07) is 67.6. The molecule has 10 aromatic rings. The molecule has 0 unspecified atom stereocenters. The van der Waals surface area contributed by atoms with E-state index in [1.54, 1.807) is 0 Å². The molecule has 0 aliphatic heterocycles. The second kappa shape index (κ2) is 16.1. The Hall–Kier alpha value is -7.14. The van der Waals surface area contributed by atoms with Gasteiger partial charge in [-0.25, -0.2) is 4.98 Å². The van der Waals surface area contributed by atoms with E-state index in [-0.39, 0.29) is 5.28 Å². The van der Waals surface area contributed by atoms with Crippen molar-refractivity contribution in [3.8, 4) is 78.4 Å². The average Bonchev–Trinajstić information content (AvgIpc) is 3.68. The molecule has 10 rings (SSSR count). The second-order valence-electron chi connectivity index (χ2n) is 13.7. The number of rotatable bonds is 7. The monoisotopic (exact) mass is 767 g/mol. The van der Waals surface area contributed by atoms with Gasteiger partial charge in [0.25, 0.3) is 0 Å². The maximum Gasteiger partial charge on any atom is 0.226 e. The van der Waals surface area contributed by atoms with Crippen LogP contribution in [0.4, 0.5) is 0 Å². The number of nitrogens with zero attached hydrogens (tertiary/aromatic N) is 3. The van der Waals surface area contributed by atoms with E-state index >= 15 is 0 Å². The molecule has 58 heavy (non-hydrogen) atoms. The highest BCUT2D eigenvalue weighted by atomic mass is 35.5. The lowest BCUT2D eigenvalue weighted by Crippen LogP contribution is -1.99. The minimum atomic E-state index is 0.127. The van der Waals surface area contributed by atoms with Crippen LogP contribution in [0.5, 0.6) is 0 Å². The highest BCUT2D eigenvalue weighted by Gasteiger charge is 2.24. The zero-order valence-electron chi connectivity index (χ0n) is 32.1. The van der Waals surface area contributed by atoms with Gasteiger partial charge in [-0.3, -0.25) is 0 Å².